The summed E-state index contributed by atoms with van der Waals surface area (Å²) in [5, 5.41) is 21.2. The molecule has 3 aromatic rings. The highest BCUT2D eigenvalue weighted by molar-refractivity contribution is 6.02. The maximum Gasteiger partial charge on any atom is 0.573 e. The summed E-state index contributed by atoms with van der Waals surface area (Å²) in [5.41, 5.74) is 0.629. The number of alkyl halides is 3. The summed E-state index contributed by atoms with van der Waals surface area (Å²) in [6, 6.07) is 15.7. The topological polar surface area (TPSA) is 101 Å². The van der Waals surface area contributed by atoms with Gasteiger partial charge in [0.1, 0.15) is 29.0 Å². The van der Waals surface area contributed by atoms with Gasteiger partial charge >= 0.3 is 6.36 Å². The van der Waals surface area contributed by atoms with E-state index in [0.29, 0.717) is 11.4 Å². The van der Waals surface area contributed by atoms with Gasteiger partial charge in [0.2, 0.25) is 0 Å². The number of aliphatic hydroxyl groups excluding tert-OH is 2. The van der Waals surface area contributed by atoms with Crippen LogP contribution in [0.25, 0.3) is 0 Å². The summed E-state index contributed by atoms with van der Waals surface area (Å²) in [4.78, 5) is 16.4. The van der Waals surface area contributed by atoms with E-state index in [-0.39, 0.29) is 17.1 Å². The lowest BCUT2D eigenvalue weighted by molar-refractivity contribution is -0.274. The van der Waals surface area contributed by atoms with Crippen molar-refractivity contribution in [2.45, 2.75) is 12.5 Å². The van der Waals surface area contributed by atoms with Crippen LogP contribution in [-0.4, -0.2) is 34.1 Å². The molecule has 0 aliphatic rings. The van der Waals surface area contributed by atoms with Gasteiger partial charge in [-0.15, -0.1) is 13.2 Å². The number of rotatable bonds is 7. The molecule has 0 spiro atoms. The van der Waals surface area contributed by atoms with Crippen LogP contribution in [0.4, 0.5) is 18.9 Å². The highest BCUT2D eigenvalue weighted by atomic mass is 19.4. The number of carbonyl (C=O) groups excluding carboxylic acids is 1. The molecule has 162 valence electrons. The van der Waals surface area contributed by atoms with E-state index in [2.05, 4.69) is 15.0 Å². The first-order chi connectivity index (χ1) is 14.7. The van der Waals surface area contributed by atoms with Crippen LogP contribution in [0.3, 0.4) is 0 Å². The van der Waals surface area contributed by atoms with Crippen molar-refractivity contribution in [3.8, 4) is 17.2 Å². The summed E-state index contributed by atoms with van der Waals surface area (Å²) in [6.45, 7) is -0.523. The number of aromatic nitrogens is 1. The Bertz CT molecular complexity index is 1040. The maximum atomic E-state index is 12.3. The minimum absolute atomic E-state index is 0.0480. The molecule has 1 aromatic heterocycles. The second-order valence-electron chi connectivity index (χ2n) is 6.25. The zero-order valence-corrected chi connectivity index (χ0v) is 15.8. The Labute approximate surface area is 174 Å². The van der Waals surface area contributed by atoms with E-state index in [1.165, 1.54) is 54.6 Å². The van der Waals surface area contributed by atoms with Crippen molar-refractivity contribution in [3.05, 3.63) is 78.1 Å². The molecule has 1 amide bonds. The number of pyridine rings is 1. The highest BCUT2D eigenvalue weighted by Crippen LogP contribution is 2.29. The molecule has 1 atom stereocenters. The summed E-state index contributed by atoms with van der Waals surface area (Å²) >= 11 is 0. The van der Waals surface area contributed by atoms with Crippen LogP contribution in [0.2, 0.25) is 0 Å². The van der Waals surface area contributed by atoms with Crippen LogP contribution in [0.5, 0.6) is 17.2 Å². The minimum Gasteiger partial charge on any atom is -0.457 e. The van der Waals surface area contributed by atoms with Crippen LogP contribution in [0.1, 0.15) is 22.3 Å². The van der Waals surface area contributed by atoms with Gasteiger partial charge in [0.15, 0.2) is 0 Å². The Morgan fingerprint density at radius 3 is 2.35 bits per heavy atom. The number of hydrogen-bond acceptors (Lipinski definition) is 6. The number of carbonyl (C=O) groups is 1. The fraction of sp³-hybridized carbons (Fsp3) is 0.143. The molecule has 0 fully saturated rings. The molecule has 0 aliphatic heterocycles. The van der Waals surface area contributed by atoms with Crippen LogP contribution >= 0.6 is 0 Å². The molecule has 3 rings (SSSR count). The third-order valence-electron chi connectivity index (χ3n) is 3.90. The molecule has 0 unspecified atom stereocenters. The zero-order chi connectivity index (χ0) is 22.4. The average Bonchev–Trinajstić information content (AvgIpc) is 2.73. The number of ether oxygens (including phenoxy) is 2. The standard InChI is InChI=1S/C21H17F3N2O5/c22-21(23,24)31-16-4-1-3-15(11-16)30-14-9-7-13(8-10-14)25-20(29)18-6-2-5-17(26-18)19(28)12-27/h1-11,19,27-28H,12H2,(H,25,29)/t19-/m1/s1. The van der Waals surface area contributed by atoms with E-state index >= 15 is 0 Å². The van der Waals surface area contributed by atoms with Gasteiger partial charge in [-0.1, -0.05) is 12.1 Å². The molecular weight excluding hydrogens is 417 g/mol. The molecule has 7 nitrogen and oxygen atoms in total. The molecule has 10 heteroatoms. The zero-order valence-electron chi connectivity index (χ0n) is 15.8. The van der Waals surface area contributed by atoms with Crippen LogP contribution in [0.15, 0.2) is 66.7 Å². The van der Waals surface area contributed by atoms with E-state index in [4.69, 9.17) is 9.84 Å². The van der Waals surface area contributed by atoms with Crippen molar-refractivity contribution < 1.29 is 37.7 Å². The van der Waals surface area contributed by atoms with Crippen molar-refractivity contribution in [1.29, 1.82) is 0 Å². The van der Waals surface area contributed by atoms with E-state index < -0.39 is 30.7 Å². The molecule has 1 heterocycles. The van der Waals surface area contributed by atoms with Crippen molar-refractivity contribution in [3.63, 3.8) is 0 Å². The Balaban J connectivity index is 1.64. The van der Waals surface area contributed by atoms with Crippen LogP contribution < -0.4 is 14.8 Å². The number of nitrogens with zero attached hydrogens (tertiary/aromatic N) is 1. The van der Waals surface area contributed by atoms with Gasteiger partial charge in [-0.3, -0.25) is 4.79 Å². The molecule has 0 radical (unpaired) electrons. The maximum absolute atomic E-state index is 12.3. The monoisotopic (exact) mass is 434 g/mol. The Kier molecular flexibility index (Phi) is 6.73. The van der Waals surface area contributed by atoms with Gasteiger partial charge in [0.25, 0.3) is 5.91 Å². The Hall–Kier alpha value is -3.63. The minimum atomic E-state index is -4.80. The molecule has 3 N–H and O–H groups in total. The Morgan fingerprint density at radius 2 is 1.68 bits per heavy atom. The quantitative estimate of drug-likeness (QED) is 0.519. The van der Waals surface area contributed by atoms with Crippen molar-refractivity contribution in [2.24, 2.45) is 0 Å². The predicted octanol–water partition coefficient (Wildman–Crippen LogP) is 4.05. The van der Waals surface area contributed by atoms with E-state index in [0.717, 1.165) is 12.1 Å². The largest absolute Gasteiger partial charge is 0.573 e. The van der Waals surface area contributed by atoms with Crippen molar-refractivity contribution >= 4 is 11.6 Å². The Morgan fingerprint density at radius 1 is 1.00 bits per heavy atom. The molecule has 0 saturated heterocycles. The number of hydrogen-bond donors (Lipinski definition) is 3. The SMILES string of the molecule is O=C(Nc1ccc(Oc2cccc(OC(F)(F)F)c2)cc1)c1cccc([C@H](O)CO)n1. The first-order valence-corrected chi connectivity index (χ1v) is 8.94. The van der Waals surface area contributed by atoms with E-state index in [1.54, 1.807) is 0 Å². The van der Waals surface area contributed by atoms with Crippen molar-refractivity contribution in [2.75, 3.05) is 11.9 Å². The van der Waals surface area contributed by atoms with E-state index in [9.17, 15) is 23.1 Å². The second-order valence-corrected chi connectivity index (χ2v) is 6.25. The predicted molar refractivity (Wildman–Crippen MR) is 104 cm³/mol. The number of anilines is 1. The molecule has 2 aromatic carbocycles. The highest BCUT2D eigenvalue weighted by Gasteiger charge is 2.31. The third kappa shape index (κ3) is 6.43. The fourth-order valence-corrected chi connectivity index (χ4v) is 2.53. The van der Waals surface area contributed by atoms with Gasteiger partial charge in [0, 0.05) is 11.8 Å². The van der Waals surface area contributed by atoms with Gasteiger partial charge in [-0.05, 0) is 48.5 Å². The smallest absolute Gasteiger partial charge is 0.457 e. The lowest BCUT2D eigenvalue weighted by Crippen LogP contribution is -2.17. The number of halogens is 3. The molecule has 0 bridgehead atoms. The van der Waals surface area contributed by atoms with Crippen LogP contribution in [-0.2, 0) is 0 Å². The summed E-state index contributed by atoms with van der Waals surface area (Å²) in [7, 11) is 0. The number of aliphatic hydroxyl groups is 2. The first-order valence-electron chi connectivity index (χ1n) is 8.94. The lowest BCUT2D eigenvalue weighted by atomic mass is 10.2. The average molecular weight is 434 g/mol. The van der Waals surface area contributed by atoms with Gasteiger partial charge in [0.05, 0.1) is 12.3 Å². The van der Waals surface area contributed by atoms with E-state index in [1.807, 2.05) is 0 Å². The first kappa shape index (κ1) is 22.1. The van der Waals surface area contributed by atoms with Crippen LogP contribution in [0, 0.1) is 0 Å². The normalized spacial score (nSPS) is 12.2. The number of benzene rings is 2. The van der Waals surface area contributed by atoms with Gasteiger partial charge in [-0.25, -0.2) is 4.98 Å². The fourth-order valence-electron chi connectivity index (χ4n) is 2.53. The van der Waals surface area contributed by atoms with Gasteiger partial charge < -0.3 is 25.0 Å². The molecule has 31 heavy (non-hydrogen) atoms. The van der Waals surface area contributed by atoms with Gasteiger partial charge in [-0.2, -0.15) is 0 Å². The summed E-state index contributed by atoms with van der Waals surface area (Å²) < 4.78 is 46.3. The third-order valence-corrected chi connectivity index (χ3v) is 3.90. The number of nitrogens with one attached hydrogen (secondary N) is 1. The molecular formula is C21H17F3N2O5. The number of amides is 1. The van der Waals surface area contributed by atoms with Crippen molar-refractivity contribution in [1.82, 2.24) is 4.98 Å². The molecule has 0 aliphatic carbocycles. The molecule has 0 saturated carbocycles. The lowest BCUT2D eigenvalue weighted by Gasteiger charge is -2.11. The second kappa shape index (κ2) is 9.45. The summed E-state index contributed by atoms with van der Waals surface area (Å²) in [6.07, 6.45) is -5.99. The summed E-state index contributed by atoms with van der Waals surface area (Å²) in [5.74, 6) is -0.470.